The Hall–Kier alpha value is -10.7. The molecule has 2 saturated heterocycles. The number of carboxylic acids is 2. The molecule has 5 aromatic rings. The number of rotatable bonds is 17. The minimum absolute atomic E-state index is 0.0110. The summed E-state index contributed by atoms with van der Waals surface area (Å²) in [6, 6.07) is 13.5. The number of aryl methyl sites for hydroxylation is 1. The third-order valence-electron chi connectivity index (χ3n) is 21.7. The highest BCUT2D eigenvalue weighted by Gasteiger charge is 2.50. The minimum Gasteiger partial charge on any atom is -0.480 e. The van der Waals surface area contributed by atoms with E-state index in [0.29, 0.717) is 29.7 Å². The van der Waals surface area contributed by atoms with E-state index < -0.39 is 144 Å². The summed E-state index contributed by atoms with van der Waals surface area (Å²) in [5.41, 5.74) is 2.47. The van der Waals surface area contributed by atoms with Gasteiger partial charge in [-0.3, -0.25) is 47.9 Å². The quantitative estimate of drug-likeness (QED) is 0.0595. The second kappa shape index (κ2) is 40.0. The molecule has 4 aromatic carbocycles. The number of carbonyl (C=O) groups is 12. The Morgan fingerprint density at radius 1 is 0.562 bits per heavy atom. The largest absolute Gasteiger partial charge is 0.480 e. The lowest BCUT2D eigenvalue weighted by Gasteiger charge is -2.32. The zero-order chi connectivity index (χ0) is 81.0. The fraction of sp³-hybridized carbons (Fsp3) is 0.543. The van der Waals surface area contributed by atoms with Crippen molar-refractivity contribution in [3.05, 3.63) is 120 Å². The molecule has 1 aromatic heterocycles. The molecule has 0 saturated carbocycles. The first-order valence-corrected chi connectivity index (χ1v) is 39.2. The average molecular weight is 1550 g/mol. The maximum Gasteiger partial charge on any atom is 0.326 e. The van der Waals surface area contributed by atoms with Crippen LogP contribution in [0.1, 0.15) is 155 Å². The van der Waals surface area contributed by atoms with Crippen LogP contribution in [0.4, 0.5) is 0 Å². The molecule has 31 heteroatoms. The number of hydrogen-bond donors (Lipinski definition) is 12. The van der Waals surface area contributed by atoms with Gasteiger partial charge in [-0.2, -0.15) is 5.01 Å². The van der Waals surface area contributed by atoms with Crippen LogP contribution in [0.15, 0.2) is 103 Å². The SMILES string of the molecule is CNC(C)C(=O)NC(C(=O)N1CC2CC1C(=O)NC(Cc1ccc3ccccc3c1)C(=O)NC(C(=O)O)CCCCNC(=O)CCc1cn(nn1)C1CC(C(=O)NC(Cc3ccc4ccccc4c3)C(=O)NC(C(=O)O)CCCCNC(=O)CCC(C)=CN2[N+]2=CCC2C)N(C(=O)C(NC(=O)C(C)NC)C(C)C)C1)C(C)C. The van der Waals surface area contributed by atoms with Crippen LogP contribution in [0.5, 0.6) is 0 Å². The van der Waals surface area contributed by atoms with Crippen LogP contribution in [0.2, 0.25) is 0 Å². The van der Waals surface area contributed by atoms with Gasteiger partial charge in [0, 0.05) is 84.2 Å². The highest BCUT2D eigenvalue weighted by atomic mass is 16.4. The number of fused-ring (bicyclic) bond motifs is 9. The number of hydrazine groups is 1. The maximum absolute atomic E-state index is 15.4. The van der Waals surface area contributed by atoms with Gasteiger partial charge in [-0.15, -0.1) is 9.78 Å². The van der Waals surface area contributed by atoms with Gasteiger partial charge in [0.25, 0.3) is 0 Å². The lowest BCUT2D eigenvalue weighted by molar-refractivity contribution is -0.724. The monoisotopic (exact) mass is 1550 g/mol. The van der Waals surface area contributed by atoms with Crippen LogP contribution in [-0.4, -0.2) is 235 Å². The van der Waals surface area contributed by atoms with Crippen LogP contribution in [0.3, 0.4) is 0 Å². The molecule has 0 spiro atoms. The lowest BCUT2D eigenvalue weighted by Crippen LogP contribution is -2.59. The van der Waals surface area contributed by atoms with Crippen LogP contribution in [0.25, 0.3) is 21.5 Å². The number of nitrogens with zero attached hydrogens (tertiary/aromatic N) is 7. The molecule has 0 aliphatic carbocycles. The van der Waals surface area contributed by atoms with Gasteiger partial charge in [-0.1, -0.05) is 123 Å². The second-order valence-corrected chi connectivity index (χ2v) is 30.8. The molecule has 13 atom stereocenters. The zero-order valence-electron chi connectivity index (χ0n) is 65.8. The van der Waals surface area contributed by atoms with Crippen LogP contribution < -0.4 is 53.2 Å². The zero-order valence-corrected chi connectivity index (χ0v) is 65.8. The number of aromatic nitrogens is 3. The van der Waals surface area contributed by atoms with Crippen LogP contribution in [0, 0.1) is 11.8 Å². The van der Waals surface area contributed by atoms with Gasteiger partial charge in [-0.25, -0.2) is 14.3 Å². The van der Waals surface area contributed by atoms with E-state index in [0.717, 1.165) is 33.5 Å². The predicted octanol–water partition coefficient (Wildman–Crippen LogP) is 3.08. The van der Waals surface area contributed by atoms with E-state index in [9.17, 15) is 53.4 Å². The molecule has 5 heterocycles. The van der Waals surface area contributed by atoms with Crippen molar-refractivity contribution in [3.8, 4) is 0 Å². The molecule has 31 nitrogen and oxygen atoms in total. The van der Waals surface area contributed by atoms with Crippen molar-refractivity contribution in [1.29, 1.82) is 0 Å². The summed E-state index contributed by atoms with van der Waals surface area (Å²) < 4.78 is 3.51. The van der Waals surface area contributed by atoms with Crippen molar-refractivity contribution in [2.45, 2.75) is 230 Å². The van der Waals surface area contributed by atoms with Crippen molar-refractivity contribution in [2.75, 3.05) is 40.3 Å². The number of hydrogen-bond acceptors (Lipinski definition) is 17. The summed E-state index contributed by atoms with van der Waals surface area (Å²) >= 11 is 0. The first-order valence-electron chi connectivity index (χ1n) is 39.2. The Kier molecular flexibility index (Phi) is 30.5. The highest BCUT2D eigenvalue weighted by molar-refractivity contribution is 5.98. The number of aliphatic carboxylic acids is 2. The van der Waals surface area contributed by atoms with E-state index in [1.807, 2.05) is 121 Å². The summed E-state index contributed by atoms with van der Waals surface area (Å²) in [4.78, 5) is 173. The highest BCUT2D eigenvalue weighted by Crippen LogP contribution is 2.32. The first kappa shape index (κ1) is 85.3. The number of allylic oxidation sites excluding steroid dienone is 1. The van der Waals surface area contributed by atoms with E-state index in [4.69, 9.17) is 0 Å². The average Bonchev–Trinajstić information content (AvgIpc) is 1.62. The number of likely N-dealkylation sites (N-methyl/N-ethyl adjacent to an activating group) is 2. The summed E-state index contributed by atoms with van der Waals surface area (Å²) in [5.74, 6) is -9.22. The Morgan fingerprint density at radius 2 is 1.01 bits per heavy atom. The van der Waals surface area contributed by atoms with Crippen molar-refractivity contribution in [2.24, 2.45) is 11.8 Å². The van der Waals surface area contributed by atoms with Gasteiger partial charge in [0.2, 0.25) is 59.1 Å². The smallest absolute Gasteiger partial charge is 0.326 e. The molecule has 112 heavy (non-hydrogen) atoms. The Morgan fingerprint density at radius 3 is 1.44 bits per heavy atom. The molecule has 12 N–H and O–H groups in total. The van der Waals surface area contributed by atoms with Gasteiger partial charge in [0.15, 0.2) is 12.3 Å². The topological polar surface area (TPSA) is 409 Å². The normalized spacial score (nSPS) is 24.0. The number of carbonyl (C=O) groups excluding carboxylic acids is 10. The van der Waals surface area contributed by atoms with Crippen molar-refractivity contribution >= 4 is 98.8 Å². The van der Waals surface area contributed by atoms with Crippen LogP contribution >= 0.6 is 0 Å². The van der Waals surface area contributed by atoms with E-state index in [1.54, 1.807) is 61.8 Å². The van der Waals surface area contributed by atoms with Gasteiger partial charge < -0.3 is 73.2 Å². The third-order valence-corrected chi connectivity index (χ3v) is 21.7. The summed E-state index contributed by atoms with van der Waals surface area (Å²) in [6.45, 7) is 14.5. The maximum atomic E-state index is 15.4. The lowest BCUT2D eigenvalue weighted by atomic mass is 9.99. The molecule has 6 bridgehead atoms. The van der Waals surface area contributed by atoms with E-state index in [-0.39, 0.29) is 121 Å². The Bertz CT molecular complexity index is 4290. The summed E-state index contributed by atoms with van der Waals surface area (Å²) in [6.07, 6.45) is 7.49. The molecule has 9 rings (SSSR count). The summed E-state index contributed by atoms with van der Waals surface area (Å²) in [7, 11) is 3.22. The number of likely N-dealkylation sites (tertiary alicyclic amines) is 2. The van der Waals surface area contributed by atoms with E-state index >= 15 is 14.4 Å². The molecule has 10 amide bonds. The fourth-order valence-electron chi connectivity index (χ4n) is 14.5. The standard InChI is InChI=1S/C81H111N17O14/c1-47(2)70(90-72(101)51(7)82-9)78(107)94-45-60-41-66(94)76(105)88-64(39-53-26-28-55-19-11-13-21-57(55)37-53)74(103)86-62(80(109)110)23-15-17-34-84-68(99)31-25-49(5)43-98(97-36-33-50(97)6)61-42-67(95(46-61)79(108)71(48(3)4)91-73(102)52(8)83-10)77(106)89-65(40-54-27-29-56-20-12-14-22-58(56)38-54)75(104)87-63(81(111)112)24-16-18-35-85-69(100)32-30-59-44-96(60)93-92-59/h11-14,19-22,26-29,36-38,43-44,47-48,50-52,60-67,70-71,82-83H,15-18,23-25,30-35,39-42,45-46H2,1-10H3,(H9-,84,85,86,87,88,89,90,91,99,100,101,102,103,104,105,106,109,110,111,112)/p+1. The molecule has 604 valence electrons. The first-order chi connectivity index (χ1) is 53.5. The molecule has 2 fully saturated rings. The van der Waals surface area contributed by atoms with Gasteiger partial charge in [0.05, 0.1) is 36.4 Å². The molecule has 0 radical (unpaired) electrons. The number of carboxylic acid groups (broad SMARTS) is 2. The van der Waals surface area contributed by atoms with E-state index in [2.05, 4.69) is 63.5 Å². The Labute approximate surface area is 653 Å². The fourth-order valence-corrected chi connectivity index (χ4v) is 14.5. The Balaban J connectivity index is 0.996. The minimum atomic E-state index is -1.43. The number of nitrogens with one attached hydrogen (secondary N) is 10. The number of benzene rings is 4. The van der Waals surface area contributed by atoms with Gasteiger partial charge >= 0.3 is 11.9 Å². The number of hydrazone groups is 1. The van der Waals surface area contributed by atoms with Gasteiger partial charge in [-0.05, 0) is 124 Å². The summed E-state index contributed by atoms with van der Waals surface area (Å²) in [5, 5.41) is 64.1. The van der Waals surface area contributed by atoms with Gasteiger partial charge in [0.1, 0.15) is 54.4 Å². The van der Waals surface area contributed by atoms with Crippen molar-refractivity contribution in [3.63, 3.8) is 0 Å². The van der Waals surface area contributed by atoms with E-state index in [1.165, 1.54) is 14.5 Å². The molecular formula is C81H112N17O14+. The second-order valence-electron chi connectivity index (χ2n) is 30.8. The molecule has 4 aliphatic rings. The molecule has 13 unspecified atom stereocenters. The number of amides is 10. The third kappa shape index (κ3) is 22.8. The molecular weight excluding hydrogens is 1430 g/mol. The molecule has 4 aliphatic heterocycles. The van der Waals surface area contributed by atoms with Crippen molar-refractivity contribution in [1.82, 2.24) is 83.0 Å². The van der Waals surface area contributed by atoms with Crippen LogP contribution in [-0.2, 0) is 76.8 Å². The van der Waals surface area contributed by atoms with Crippen molar-refractivity contribution < 1.29 is 72.4 Å². The predicted molar refractivity (Wildman–Crippen MR) is 419 cm³/mol.